The van der Waals surface area contributed by atoms with Crippen molar-refractivity contribution in [1.29, 1.82) is 0 Å². The van der Waals surface area contributed by atoms with Gasteiger partial charge < -0.3 is 26.0 Å². The molecule has 3 aliphatic carbocycles. The number of benzene rings is 2. The van der Waals surface area contributed by atoms with Crippen molar-refractivity contribution in [2.45, 2.75) is 82.0 Å². The lowest BCUT2D eigenvalue weighted by atomic mass is 9.55. The van der Waals surface area contributed by atoms with Gasteiger partial charge in [-0.1, -0.05) is 12.1 Å². The molecule has 6 rings (SSSR count). The molecule has 2 aromatic carbocycles. The summed E-state index contributed by atoms with van der Waals surface area (Å²) in [6, 6.07) is 7.92. The van der Waals surface area contributed by atoms with E-state index in [1.54, 1.807) is 13.8 Å². The third kappa shape index (κ3) is 5.06. The van der Waals surface area contributed by atoms with Gasteiger partial charge in [-0.05, 0) is 87.1 Å². The number of anilines is 1. The highest BCUT2D eigenvalue weighted by Gasteiger charge is 2.50. The van der Waals surface area contributed by atoms with Crippen LogP contribution in [0.15, 0.2) is 30.3 Å². The van der Waals surface area contributed by atoms with Crippen LogP contribution in [0, 0.1) is 17.5 Å². The van der Waals surface area contributed by atoms with Crippen molar-refractivity contribution >= 4 is 17.7 Å². The highest BCUT2D eigenvalue weighted by Crippen LogP contribution is 2.53. The fourth-order valence-corrected chi connectivity index (χ4v) is 6.09. The third-order valence-corrected chi connectivity index (χ3v) is 8.41. The maximum absolute atomic E-state index is 14.1. The first-order valence-corrected chi connectivity index (χ1v) is 13.0. The number of urea groups is 2. The second kappa shape index (κ2) is 9.48. The van der Waals surface area contributed by atoms with Crippen molar-refractivity contribution < 1.29 is 27.9 Å². The molecular weight excluding hydrogens is 497 g/mol. The van der Waals surface area contributed by atoms with Crippen LogP contribution in [0.3, 0.4) is 0 Å². The number of carbonyl (C=O) groups is 2. The fraction of sp³-hybridized carbons (Fsp3) is 0.500. The zero-order valence-corrected chi connectivity index (χ0v) is 21.6. The highest BCUT2D eigenvalue weighted by atomic mass is 19.2. The number of fused-ring (bicyclic) bond motifs is 4. The van der Waals surface area contributed by atoms with Crippen LogP contribution in [0.5, 0.6) is 0 Å². The monoisotopic (exact) mass is 530 g/mol. The molecule has 1 heterocycles. The zero-order valence-electron chi connectivity index (χ0n) is 21.6. The minimum Gasteiger partial charge on any atom is -0.389 e. The normalized spacial score (nSPS) is 24.2. The number of halogens is 3. The Labute approximate surface area is 219 Å². The lowest BCUT2D eigenvalue weighted by molar-refractivity contribution is 0.0725. The summed E-state index contributed by atoms with van der Waals surface area (Å²) in [5.74, 6) is -4.02. The average Bonchev–Trinajstić information content (AvgIpc) is 3.31. The second-order valence-electron chi connectivity index (χ2n) is 11.7. The first-order valence-electron chi connectivity index (χ1n) is 13.0. The molecule has 0 atom stereocenters. The minimum atomic E-state index is -1.52. The SMILES string of the molecule is CC(C)(O)CNC(=O)NC12CCC(c3ccc(NC(=O)N4Cc5cc(F)c(F)c(F)c5C4)cc3)(CC1)CC2. The van der Waals surface area contributed by atoms with Gasteiger partial charge in [-0.3, -0.25) is 0 Å². The van der Waals surface area contributed by atoms with E-state index in [0.717, 1.165) is 44.6 Å². The van der Waals surface area contributed by atoms with Crippen LogP contribution in [0.1, 0.15) is 69.1 Å². The molecule has 4 aliphatic rings. The predicted molar refractivity (Wildman–Crippen MR) is 136 cm³/mol. The molecule has 0 unspecified atom stereocenters. The first-order chi connectivity index (χ1) is 17.9. The molecule has 3 saturated carbocycles. The van der Waals surface area contributed by atoms with Crippen molar-refractivity contribution in [1.82, 2.24) is 15.5 Å². The predicted octanol–water partition coefficient (Wildman–Crippen LogP) is 5.07. The van der Waals surface area contributed by atoms with E-state index in [-0.39, 0.29) is 47.7 Å². The van der Waals surface area contributed by atoms with Gasteiger partial charge in [-0.2, -0.15) is 0 Å². The van der Waals surface area contributed by atoms with Gasteiger partial charge in [0, 0.05) is 29.9 Å². The molecule has 3 fully saturated rings. The van der Waals surface area contributed by atoms with E-state index in [1.165, 1.54) is 10.5 Å². The molecule has 0 aromatic heterocycles. The van der Waals surface area contributed by atoms with E-state index in [2.05, 4.69) is 16.0 Å². The van der Waals surface area contributed by atoms with E-state index >= 15 is 0 Å². The van der Waals surface area contributed by atoms with E-state index < -0.39 is 29.1 Å². The van der Waals surface area contributed by atoms with Crippen LogP contribution in [0.2, 0.25) is 0 Å². The topological polar surface area (TPSA) is 93.7 Å². The summed E-state index contributed by atoms with van der Waals surface area (Å²) in [6.07, 6.45) is 5.43. The van der Waals surface area contributed by atoms with Crippen molar-refractivity contribution in [2.24, 2.45) is 0 Å². The highest BCUT2D eigenvalue weighted by molar-refractivity contribution is 5.89. The van der Waals surface area contributed by atoms with Crippen LogP contribution in [0.25, 0.3) is 0 Å². The quantitative estimate of drug-likeness (QED) is 0.407. The van der Waals surface area contributed by atoms with Crippen molar-refractivity contribution in [2.75, 3.05) is 11.9 Å². The lowest BCUT2D eigenvalue weighted by Gasteiger charge is -2.54. The van der Waals surface area contributed by atoms with Crippen LogP contribution in [-0.2, 0) is 18.5 Å². The van der Waals surface area contributed by atoms with E-state index in [1.807, 2.05) is 24.3 Å². The summed E-state index contributed by atoms with van der Waals surface area (Å²) >= 11 is 0. The summed E-state index contributed by atoms with van der Waals surface area (Å²) in [7, 11) is 0. The summed E-state index contributed by atoms with van der Waals surface area (Å²) in [5, 5.41) is 18.5. The van der Waals surface area contributed by atoms with E-state index in [0.29, 0.717) is 5.69 Å². The Hall–Kier alpha value is -3.27. The smallest absolute Gasteiger partial charge is 0.322 e. The fourth-order valence-electron chi connectivity index (χ4n) is 6.09. The number of rotatable bonds is 5. The number of hydrogen-bond acceptors (Lipinski definition) is 3. The number of nitrogens with one attached hydrogen (secondary N) is 3. The van der Waals surface area contributed by atoms with Gasteiger partial charge in [0.2, 0.25) is 0 Å². The summed E-state index contributed by atoms with van der Waals surface area (Å²) < 4.78 is 41.2. The Morgan fingerprint density at radius 3 is 2.21 bits per heavy atom. The van der Waals surface area contributed by atoms with E-state index in [4.69, 9.17) is 0 Å². The number of aliphatic hydroxyl groups is 1. The van der Waals surface area contributed by atoms with Crippen molar-refractivity contribution in [3.8, 4) is 0 Å². The maximum Gasteiger partial charge on any atom is 0.322 e. The molecule has 0 radical (unpaired) electrons. The van der Waals surface area contributed by atoms with Crippen LogP contribution >= 0.6 is 0 Å². The number of hydrogen-bond donors (Lipinski definition) is 4. The van der Waals surface area contributed by atoms with Crippen molar-refractivity contribution in [3.63, 3.8) is 0 Å². The van der Waals surface area contributed by atoms with Gasteiger partial charge in [-0.25, -0.2) is 22.8 Å². The maximum atomic E-state index is 14.1. The minimum absolute atomic E-state index is 0.00203. The molecule has 1 aliphatic heterocycles. The van der Waals surface area contributed by atoms with Crippen LogP contribution < -0.4 is 16.0 Å². The first kappa shape index (κ1) is 26.3. The van der Waals surface area contributed by atoms with Gasteiger partial charge in [0.05, 0.1) is 12.1 Å². The molecule has 2 aromatic rings. The summed E-state index contributed by atoms with van der Waals surface area (Å²) in [5.41, 5.74) is 0.872. The standard InChI is InChI=1S/C28H33F3N4O3/c1-26(2,38)16-32-24(36)34-28-10-7-27(8-11-28,9-12-28)18-3-5-19(6-4-18)33-25(37)35-14-17-13-21(29)23(31)22(30)20(17)15-35/h3-6,13,38H,7-12,14-16H2,1-2H3,(H,33,37)(H2,32,34,36). The molecule has 4 amide bonds. The Kier molecular flexibility index (Phi) is 6.57. The van der Waals surface area contributed by atoms with Crippen LogP contribution in [-0.4, -0.2) is 39.8 Å². The van der Waals surface area contributed by atoms with Crippen molar-refractivity contribution in [3.05, 3.63) is 64.5 Å². The van der Waals surface area contributed by atoms with Gasteiger partial charge in [0.25, 0.3) is 0 Å². The Bertz CT molecular complexity index is 1230. The molecule has 204 valence electrons. The Morgan fingerprint density at radius 1 is 0.974 bits per heavy atom. The van der Waals surface area contributed by atoms with E-state index in [9.17, 15) is 27.9 Å². The van der Waals surface area contributed by atoms with Gasteiger partial charge in [-0.15, -0.1) is 0 Å². The molecule has 38 heavy (non-hydrogen) atoms. The van der Waals surface area contributed by atoms with Gasteiger partial charge in [0.1, 0.15) is 0 Å². The molecule has 0 spiro atoms. The number of amides is 4. The molecule has 2 bridgehead atoms. The summed E-state index contributed by atoms with van der Waals surface area (Å²) in [6.45, 7) is 3.35. The average molecular weight is 531 g/mol. The summed E-state index contributed by atoms with van der Waals surface area (Å²) in [4.78, 5) is 26.5. The molecule has 0 saturated heterocycles. The molecular formula is C28H33F3N4O3. The molecule has 4 N–H and O–H groups in total. The second-order valence-corrected chi connectivity index (χ2v) is 11.7. The van der Waals surface area contributed by atoms with Gasteiger partial charge in [0.15, 0.2) is 17.5 Å². The zero-order chi connectivity index (χ0) is 27.3. The number of nitrogens with zero attached hydrogens (tertiary/aromatic N) is 1. The number of carbonyl (C=O) groups excluding carboxylic acids is 2. The largest absolute Gasteiger partial charge is 0.389 e. The molecule has 10 heteroatoms. The lowest BCUT2D eigenvalue weighted by Crippen LogP contribution is -2.60. The van der Waals surface area contributed by atoms with Gasteiger partial charge >= 0.3 is 12.1 Å². The third-order valence-electron chi connectivity index (χ3n) is 8.41. The van der Waals surface area contributed by atoms with Crippen LogP contribution in [0.4, 0.5) is 28.4 Å². The Morgan fingerprint density at radius 2 is 1.61 bits per heavy atom. The molecule has 7 nitrogen and oxygen atoms in total. The Balaban J connectivity index is 1.17.